The maximum absolute atomic E-state index is 13.7. The van der Waals surface area contributed by atoms with E-state index < -0.39 is 30.4 Å². The van der Waals surface area contributed by atoms with Crippen LogP contribution in [-0.4, -0.2) is 69.2 Å². The molecule has 0 saturated heterocycles. The quantitative estimate of drug-likeness (QED) is 0.243. The van der Waals surface area contributed by atoms with Crippen LogP contribution in [0.5, 0.6) is 11.6 Å². The molecule has 0 saturated carbocycles. The summed E-state index contributed by atoms with van der Waals surface area (Å²) in [6.45, 7) is 6.10. The predicted octanol–water partition coefficient (Wildman–Crippen LogP) is -0.560. The van der Waals surface area contributed by atoms with Gasteiger partial charge in [0, 0.05) is 38.0 Å². The van der Waals surface area contributed by atoms with Crippen molar-refractivity contribution in [3.8, 4) is 17.3 Å². The number of aliphatic hydroxyl groups is 2. The number of carboxylic acids is 1. The van der Waals surface area contributed by atoms with E-state index in [0.29, 0.717) is 23.6 Å². The van der Waals surface area contributed by atoms with Crippen LogP contribution in [0, 0.1) is 5.82 Å². The Morgan fingerprint density at radius 2 is 1.78 bits per heavy atom. The van der Waals surface area contributed by atoms with Gasteiger partial charge in [-0.15, -0.1) is 0 Å². The standard InChI is InChI=1S/C29H36FN3O7.Na/c1-5-39-24-8-6-7-19(13-24)16-32(4)28(38)27-26(18(2)3)29(33(31-27)21-11-9-20(30)10-12-21)40-17-23(35)14-22(34)15-25(36)37;/h6-13,18,22-23,34-35H,5,14-17H2,1-4H3,(H,36,37);/q;+1/p-1/t22-,23+;/m1./s1. The third-order valence-electron chi connectivity index (χ3n) is 6.06. The van der Waals surface area contributed by atoms with Crippen molar-refractivity contribution in [3.63, 3.8) is 0 Å². The van der Waals surface area contributed by atoms with Crippen LogP contribution in [0.4, 0.5) is 4.39 Å². The topological polar surface area (TPSA) is 137 Å². The number of hydrogen-bond acceptors (Lipinski definition) is 8. The van der Waals surface area contributed by atoms with Gasteiger partial charge in [0.15, 0.2) is 5.69 Å². The zero-order valence-corrected chi connectivity index (χ0v) is 26.0. The first-order chi connectivity index (χ1) is 19.0. The number of carbonyl (C=O) groups excluding carboxylic acids is 2. The van der Waals surface area contributed by atoms with E-state index in [0.717, 1.165) is 5.56 Å². The molecule has 0 spiro atoms. The zero-order chi connectivity index (χ0) is 29.4. The van der Waals surface area contributed by atoms with Crippen LogP contribution in [0.1, 0.15) is 61.1 Å². The number of aliphatic hydroxyl groups excluding tert-OH is 2. The van der Waals surface area contributed by atoms with Gasteiger partial charge in [-0.2, -0.15) is 5.10 Å². The molecule has 2 aromatic carbocycles. The average Bonchev–Trinajstić information content (AvgIpc) is 3.27. The van der Waals surface area contributed by atoms with Crippen molar-refractivity contribution in [2.24, 2.45) is 0 Å². The smallest absolute Gasteiger partial charge is 0.550 e. The Kier molecular flexibility index (Phi) is 13.3. The molecule has 10 nitrogen and oxygen atoms in total. The molecule has 3 aromatic rings. The van der Waals surface area contributed by atoms with Gasteiger partial charge < -0.3 is 34.5 Å². The van der Waals surface area contributed by atoms with E-state index in [9.17, 15) is 29.3 Å². The molecule has 41 heavy (non-hydrogen) atoms. The summed E-state index contributed by atoms with van der Waals surface area (Å²) in [6, 6.07) is 12.9. The van der Waals surface area contributed by atoms with Gasteiger partial charge in [0.1, 0.15) is 18.2 Å². The summed E-state index contributed by atoms with van der Waals surface area (Å²) in [5.74, 6) is -1.63. The number of ether oxygens (including phenoxy) is 2. The van der Waals surface area contributed by atoms with Crippen molar-refractivity contribution in [2.75, 3.05) is 20.3 Å². The Balaban J connectivity index is 0.00000588. The molecule has 2 N–H and O–H groups in total. The van der Waals surface area contributed by atoms with Crippen molar-refractivity contribution in [1.29, 1.82) is 0 Å². The SMILES string of the molecule is CCOc1cccc(CN(C)C(=O)c2nn(-c3ccc(F)cc3)c(OC[C@@H](O)C[C@@H](O)CC(=O)[O-])c2C(C)C)c1.[Na+]. The van der Waals surface area contributed by atoms with Crippen LogP contribution >= 0.6 is 0 Å². The van der Waals surface area contributed by atoms with Gasteiger partial charge in [0.2, 0.25) is 5.88 Å². The molecule has 0 unspecified atom stereocenters. The molecule has 216 valence electrons. The fourth-order valence-corrected chi connectivity index (χ4v) is 4.25. The van der Waals surface area contributed by atoms with Gasteiger partial charge in [-0.3, -0.25) is 4.79 Å². The number of hydrogen-bond donors (Lipinski definition) is 2. The molecule has 3 rings (SSSR count). The third-order valence-corrected chi connectivity index (χ3v) is 6.06. The first-order valence-corrected chi connectivity index (χ1v) is 13.0. The minimum atomic E-state index is -1.44. The van der Waals surface area contributed by atoms with E-state index in [2.05, 4.69) is 5.10 Å². The van der Waals surface area contributed by atoms with Gasteiger partial charge in [0.25, 0.3) is 5.91 Å². The second-order valence-electron chi connectivity index (χ2n) is 9.78. The van der Waals surface area contributed by atoms with E-state index >= 15 is 0 Å². The minimum absolute atomic E-state index is 0. The van der Waals surface area contributed by atoms with Gasteiger partial charge >= 0.3 is 29.6 Å². The summed E-state index contributed by atoms with van der Waals surface area (Å²) in [6.07, 6.45) is -3.42. The van der Waals surface area contributed by atoms with Gasteiger partial charge in [-0.05, 0) is 54.8 Å². The van der Waals surface area contributed by atoms with Crippen molar-refractivity contribution in [1.82, 2.24) is 14.7 Å². The van der Waals surface area contributed by atoms with E-state index in [1.807, 2.05) is 45.0 Å². The van der Waals surface area contributed by atoms with Crippen molar-refractivity contribution >= 4 is 11.9 Å². The maximum atomic E-state index is 13.7. The summed E-state index contributed by atoms with van der Waals surface area (Å²) in [4.78, 5) is 25.9. The van der Waals surface area contributed by atoms with Crippen LogP contribution in [-0.2, 0) is 11.3 Å². The number of carbonyl (C=O) groups is 2. The Hall–Kier alpha value is -2.96. The number of halogens is 1. The van der Waals surface area contributed by atoms with Crippen molar-refractivity contribution < 1.29 is 68.3 Å². The molecule has 0 fully saturated rings. The minimum Gasteiger partial charge on any atom is -0.550 e. The molecule has 1 aromatic heterocycles. The van der Waals surface area contributed by atoms with Gasteiger partial charge in [0.05, 0.1) is 24.5 Å². The molecule has 2 atom stereocenters. The first kappa shape index (κ1) is 34.2. The van der Waals surface area contributed by atoms with E-state index in [-0.39, 0.29) is 72.5 Å². The number of amides is 1. The van der Waals surface area contributed by atoms with Crippen molar-refractivity contribution in [3.05, 3.63) is 71.2 Å². The summed E-state index contributed by atoms with van der Waals surface area (Å²) in [5.41, 5.74) is 1.90. The zero-order valence-electron chi connectivity index (χ0n) is 24.0. The Morgan fingerprint density at radius 3 is 2.39 bits per heavy atom. The third kappa shape index (κ3) is 9.54. The first-order valence-electron chi connectivity index (χ1n) is 13.0. The largest absolute Gasteiger partial charge is 1.00 e. The molecule has 0 aliphatic heterocycles. The molecular weight excluding hydrogens is 544 g/mol. The number of benzene rings is 2. The second kappa shape index (κ2) is 15.9. The van der Waals surface area contributed by atoms with E-state index in [1.54, 1.807) is 7.05 Å². The normalized spacial score (nSPS) is 12.4. The van der Waals surface area contributed by atoms with Crippen LogP contribution in [0.3, 0.4) is 0 Å². The Labute approximate surface area is 261 Å². The number of rotatable bonds is 14. The fraction of sp³-hybridized carbons (Fsp3) is 0.414. The summed E-state index contributed by atoms with van der Waals surface area (Å²) >= 11 is 0. The van der Waals surface area contributed by atoms with Gasteiger partial charge in [-0.25, -0.2) is 9.07 Å². The molecular formula is C29H35FN3NaO7. The fourth-order valence-electron chi connectivity index (χ4n) is 4.25. The van der Waals surface area contributed by atoms with Gasteiger partial charge in [-0.1, -0.05) is 26.0 Å². The number of aliphatic carboxylic acids is 1. The van der Waals surface area contributed by atoms with Crippen LogP contribution in [0.25, 0.3) is 5.69 Å². The number of carboxylic acid groups (broad SMARTS) is 1. The van der Waals surface area contributed by atoms with E-state index in [1.165, 1.54) is 33.8 Å². The molecule has 0 bridgehead atoms. The Bertz CT molecular complexity index is 1300. The molecule has 0 aliphatic carbocycles. The van der Waals surface area contributed by atoms with Crippen molar-refractivity contribution in [2.45, 2.75) is 58.3 Å². The Morgan fingerprint density at radius 1 is 1.10 bits per heavy atom. The summed E-state index contributed by atoms with van der Waals surface area (Å²) in [7, 11) is 1.65. The second-order valence-corrected chi connectivity index (χ2v) is 9.78. The van der Waals surface area contributed by atoms with Crippen LogP contribution < -0.4 is 44.1 Å². The molecule has 0 aliphatic rings. The van der Waals surface area contributed by atoms with E-state index in [4.69, 9.17) is 9.47 Å². The predicted molar refractivity (Wildman–Crippen MR) is 143 cm³/mol. The maximum Gasteiger partial charge on any atom is 1.00 e. The molecule has 1 amide bonds. The average molecular weight is 580 g/mol. The van der Waals surface area contributed by atoms with Crippen LogP contribution in [0.2, 0.25) is 0 Å². The molecule has 12 heteroatoms. The molecule has 1 heterocycles. The monoisotopic (exact) mass is 579 g/mol. The summed E-state index contributed by atoms with van der Waals surface area (Å²) in [5, 5.41) is 35.5. The van der Waals surface area contributed by atoms with Crippen LogP contribution in [0.15, 0.2) is 48.5 Å². The number of nitrogens with zero attached hydrogens (tertiary/aromatic N) is 3. The molecule has 0 radical (unpaired) electrons. The summed E-state index contributed by atoms with van der Waals surface area (Å²) < 4.78 is 26.5. The number of aromatic nitrogens is 2.